The fourth-order valence-electron chi connectivity index (χ4n) is 16.4. The second-order valence-corrected chi connectivity index (χ2v) is 28.1. The fraction of sp³-hybridized carbons (Fsp3) is 0.0110. The zero-order valence-corrected chi connectivity index (χ0v) is 58.0. The summed E-state index contributed by atoms with van der Waals surface area (Å²) in [5, 5.41) is 0. The molecule has 5 nitrogen and oxygen atoms in total. The molecule has 18 heteroatoms. The van der Waals surface area contributed by atoms with Crippen molar-refractivity contribution in [2.45, 2.75) is 16.0 Å². The summed E-state index contributed by atoms with van der Waals surface area (Å²) in [6, 6.07) is 88.5. The van der Waals surface area contributed by atoms with Gasteiger partial charge in [0, 0.05) is 66.5 Å². The number of hydrogen-bond acceptors (Lipinski definition) is 6. The second kappa shape index (κ2) is 26.2. The zero-order chi connectivity index (χ0) is 74.1. The molecule has 4 aliphatic rings. The van der Waals surface area contributed by atoms with Crippen LogP contribution < -0.4 is 57.3 Å². The Bertz CT molecular complexity index is 6020. The molecule has 0 atom stereocenters. The fourth-order valence-corrected chi connectivity index (χ4v) is 17.6. The Morgan fingerprint density at radius 3 is 1.19 bits per heavy atom. The maximum Gasteiger partial charge on any atom is 0.418 e. The molecule has 0 radical (unpaired) electrons. The number of para-hydroxylation sites is 7. The quantitative estimate of drug-likeness (QED) is 0.0889. The van der Waals surface area contributed by atoms with Gasteiger partial charge in [-0.15, -0.1) is 0 Å². The first-order chi connectivity index (χ1) is 53.2. The predicted molar refractivity (Wildman–Crippen MR) is 421 cm³/mol. The van der Waals surface area contributed by atoms with E-state index in [4.69, 9.17) is 0 Å². The van der Waals surface area contributed by atoms with E-state index in [1.807, 2.05) is 132 Å². The molecule has 4 aliphatic heterocycles. The van der Waals surface area contributed by atoms with Crippen LogP contribution in [0.5, 0.6) is 0 Å². The number of benzene rings is 15. The topological polar surface area (TPSA) is 16.2 Å². The van der Waals surface area contributed by atoms with Crippen molar-refractivity contribution in [1.29, 1.82) is 0 Å². The summed E-state index contributed by atoms with van der Waals surface area (Å²) in [4.78, 5) is 7.80. The van der Waals surface area contributed by atoms with Gasteiger partial charge in [-0.1, -0.05) is 223 Å². The molecule has 15 aromatic rings. The van der Waals surface area contributed by atoms with Gasteiger partial charge in [0.1, 0.15) is 52.0 Å². The molecule has 0 N–H and O–H groups in total. The first-order valence-corrected chi connectivity index (χ1v) is 36.0. The lowest BCUT2D eigenvalue weighted by atomic mass is 9.31. The van der Waals surface area contributed by atoms with Gasteiger partial charge < -0.3 is 24.5 Å². The molecule has 0 bridgehead atoms. The number of rotatable bonds is 12. The summed E-state index contributed by atoms with van der Waals surface area (Å²) < 4.78 is 175. The van der Waals surface area contributed by atoms with Crippen LogP contribution in [0.3, 0.4) is 0 Å². The number of alkyl halides is 3. The summed E-state index contributed by atoms with van der Waals surface area (Å²) in [6.07, 6.45) is -5.19. The molecule has 0 aliphatic carbocycles. The van der Waals surface area contributed by atoms with E-state index in [0.717, 1.165) is 64.3 Å². The van der Waals surface area contributed by atoms with Crippen LogP contribution in [0.2, 0.25) is 0 Å². The summed E-state index contributed by atoms with van der Waals surface area (Å²) in [5.41, 5.74) is 4.95. The predicted octanol–water partition coefficient (Wildman–Crippen LogP) is 22.5. The van der Waals surface area contributed by atoms with Crippen LogP contribution in [-0.2, 0) is 6.18 Å². The van der Waals surface area contributed by atoms with Gasteiger partial charge in [-0.2, -0.15) is 13.2 Å². The van der Waals surface area contributed by atoms with Crippen molar-refractivity contribution in [3.05, 3.63) is 368 Å². The normalized spacial score (nSPS) is 12.9. The maximum absolute atomic E-state index is 21.0. The van der Waals surface area contributed by atoms with Gasteiger partial charge in [-0.3, -0.25) is 0 Å². The molecule has 0 unspecified atom stereocenters. The Kier molecular flexibility index (Phi) is 16.1. The van der Waals surface area contributed by atoms with Crippen LogP contribution in [0.25, 0.3) is 33.4 Å². The molecule has 524 valence electrons. The van der Waals surface area contributed by atoms with E-state index in [-0.39, 0.29) is 61.2 Å². The maximum atomic E-state index is 21.0. The molecule has 0 aromatic heterocycles. The standard InChI is InChI=1S/C91H53B2F10N5S/c94-70-33-18-34-71(95)87(70)105(59-27-11-4-12-28-59)62-49-78-82-79(50-62)108(85-64(58-25-9-3-10-26-58)29-17-30-65(85)91(101,102)103)86-68(92(82)66-31-13-15-39-76(66)106(78)88-72(96)35-19-36-73(88)97)53-69-90(84(86)100)109-81-52-63(51-80-83(81)93(69)67-32-14-16-40-77(67)107(80)89-74(98)37-20-38-75(89)99)104(60-45-41-56(42-46-60)54-21-5-1-6-22-54)61-47-43-57(44-48-61)55-23-7-2-8-24-55/h1-53H. The molecule has 109 heavy (non-hydrogen) atoms. The van der Waals surface area contributed by atoms with Crippen molar-refractivity contribution >= 4 is 143 Å². The minimum atomic E-state index is -5.19. The molecule has 0 saturated carbocycles. The number of nitrogens with zero attached hydrogens (tertiary/aromatic N) is 5. The first-order valence-electron chi connectivity index (χ1n) is 35.2. The monoisotopic (exact) mass is 1460 g/mol. The van der Waals surface area contributed by atoms with Gasteiger partial charge in [-0.05, 0) is 170 Å². The Morgan fingerprint density at radius 2 is 0.688 bits per heavy atom. The summed E-state index contributed by atoms with van der Waals surface area (Å²) >= 11 is 1.01. The second-order valence-electron chi connectivity index (χ2n) is 27.0. The molecule has 4 heterocycles. The smallest absolute Gasteiger partial charge is 0.310 e. The Labute approximate surface area is 625 Å². The molecular formula is C91H53B2F10N5S. The van der Waals surface area contributed by atoms with Gasteiger partial charge in [0.15, 0.2) is 5.82 Å². The van der Waals surface area contributed by atoms with E-state index in [9.17, 15) is 0 Å². The number of anilines is 15. The van der Waals surface area contributed by atoms with Gasteiger partial charge in [0.2, 0.25) is 6.71 Å². The van der Waals surface area contributed by atoms with E-state index >= 15 is 43.9 Å². The van der Waals surface area contributed by atoms with Gasteiger partial charge in [0.25, 0.3) is 6.71 Å². The number of halogens is 10. The van der Waals surface area contributed by atoms with E-state index in [2.05, 4.69) is 0 Å². The lowest BCUT2D eigenvalue weighted by Gasteiger charge is -2.46. The van der Waals surface area contributed by atoms with Crippen LogP contribution in [0.15, 0.2) is 331 Å². The third kappa shape index (κ3) is 10.9. The zero-order valence-electron chi connectivity index (χ0n) is 57.2. The van der Waals surface area contributed by atoms with Crippen molar-refractivity contribution in [1.82, 2.24) is 0 Å². The van der Waals surface area contributed by atoms with Gasteiger partial charge in [0.05, 0.1) is 22.6 Å². The highest BCUT2D eigenvalue weighted by molar-refractivity contribution is 8.00. The third-order valence-electron chi connectivity index (χ3n) is 20.9. The SMILES string of the molecule is Fc1cccc(F)c1N(c1ccccc1)c1cc2c3c(c1)N(c1c(-c4ccccc4)cccc1C(F)(F)F)c1c(cc4c(c1F)Sc1cc(N(c5ccc(-c6ccccc6)cc5)c5ccc(-c6ccccc6)cc5)cc5c1B4c1ccccc1N5c1c(F)cccc1F)B3c1ccccc1N2c1c(F)cccc1F. The summed E-state index contributed by atoms with van der Waals surface area (Å²) in [6.45, 7) is -2.20. The van der Waals surface area contributed by atoms with Crippen molar-refractivity contribution < 1.29 is 43.9 Å². The molecule has 0 spiro atoms. The van der Waals surface area contributed by atoms with Gasteiger partial charge >= 0.3 is 6.18 Å². The summed E-state index contributed by atoms with van der Waals surface area (Å²) in [7, 11) is 0. The van der Waals surface area contributed by atoms with Crippen molar-refractivity contribution in [2.24, 2.45) is 0 Å². The average molecular weight is 1460 g/mol. The highest BCUT2D eigenvalue weighted by atomic mass is 32.2. The van der Waals surface area contributed by atoms with Crippen molar-refractivity contribution in [3.8, 4) is 33.4 Å². The largest absolute Gasteiger partial charge is 0.418 e. The lowest BCUT2D eigenvalue weighted by Crippen LogP contribution is -2.65. The molecule has 15 aromatic carbocycles. The van der Waals surface area contributed by atoms with Crippen LogP contribution in [0.1, 0.15) is 5.56 Å². The Balaban J connectivity index is 0.933. The minimum absolute atomic E-state index is 0.00738. The average Bonchev–Trinajstić information content (AvgIpc) is 0.679. The van der Waals surface area contributed by atoms with Crippen LogP contribution in [-0.4, -0.2) is 13.4 Å². The highest BCUT2D eigenvalue weighted by Crippen LogP contribution is 2.56. The van der Waals surface area contributed by atoms with Crippen molar-refractivity contribution in [3.63, 3.8) is 0 Å². The van der Waals surface area contributed by atoms with Crippen LogP contribution >= 0.6 is 11.8 Å². The lowest BCUT2D eigenvalue weighted by molar-refractivity contribution is -0.137. The van der Waals surface area contributed by atoms with Crippen LogP contribution in [0.4, 0.5) is 129 Å². The summed E-state index contributed by atoms with van der Waals surface area (Å²) in [5.74, 6) is -6.87. The third-order valence-corrected chi connectivity index (χ3v) is 22.1. The Morgan fingerprint density at radius 1 is 0.284 bits per heavy atom. The molecule has 19 rings (SSSR count). The first kappa shape index (κ1) is 66.7. The molecule has 0 saturated heterocycles. The minimum Gasteiger partial charge on any atom is -0.310 e. The van der Waals surface area contributed by atoms with Gasteiger partial charge in [-0.25, -0.2) is 30.7 Å². The van der Waals surface area contributed by atoms with E-state index in [1.165, 1.54) is 69.3 Å². The highest BCUT2D eigenvalue weighted by Gasteiger charge is 2.52. The number of fused-ring (bicyclic) bond motifs is 8. The van der Waals surface area contributed by atoms with Crippen LogP contribution in [0, 0.1) is 40.7 Å². The van der Waals surface area contributed by atoms with E-state index in [1.54, 1.807) is 114 Å². The van der Waals surface area contributed by atoms with E-state index < -0.39 is 82.9 Å². The molecule has 0 amide bonds. The number of hydrogen-bond donors (Lipinski definition) is 0. The van der Waals surface area contributed by atoms with Crippen molar-refractivity contribution in [2.75, 3.05) is 24.5 Å². The molecular weight excluding hydrogens is 1410 g/mol. The molecule has 0 fully saturated rings. The Hall–Kier alpha value is -12.9. The van der Waals surface area contributed by atoms with E-state index in [0.29, 0.717) is 60.7 Å².